The maximum Gasteiger partial charge on any atom is 0.416 e. The summed E-state index contributed by atoms with van der Waals surface area (Å²) in [4.78, 5) is 14.7. The molecular weight excluding hydrogens is 412 g/mol. The quantitative estimate of drug-likeness (QED) is 0.621. The number of likely N-dealkylation sites (tertiary alicyclic amines) is 1. The summed E-state index contributed by atoms with van der Waals surface area (Å²) < 4.78 is 38.2. The first-order chi connectivity index (χ1) is 13.2. The normalized spacial score (nSPS) is 15.5. The van der Waals surface area contributed by atoms with Crippen LogP contribution in [0.25, 0.3) is 0 Å². The fraction of sp³-hybridized carbons (Fsp3) is 0.350. The van der Waals surface area contributed by atoms with Crippen molar-refractivity contribution in [1.82, 2.24) is 4.90 Å². The third kappa shape index (κ3) is 5.19. The molecule has 1 amide bonds. The minimum Gasteiger partial charge on any atom is -0.322 e. The summed E-state index contributed by atoms with van der Waals surface area (Å²) in [5.41, 5.74) is 0.477. The SMILES string of the molecule is O=C(Nc1ccc(CN2CCCCC2)c(Cl)c1)c1ccc(C(F)(F)F)cc1Cl. The predicted molar refractivity (Wildman–Crippen MR) is 105 cm³/mol. The van der Waals surface area contributed by atoms with Gasteiger partial charge in [0.15, 0.2) is 0 Å². The Morgan fingerprint density at radius 2 is 1.71 bits per heavy atom. The van der Waals surface area contributed by atoms with Crippen LogP contribution < -0.4 is 5.32 Å². The van der Waals surface area contributed by atoms with Gasteiger partial charge in [0.05, 0.1) is 16.1 Å². The monoisotopic (exact) mass is 430 g/mol. The van der Waals surface area contributed by atoms with E-state index in [4.69, 9.17) is 23.2 Å². The van der Waals surface area contributed by atoms with Gasteiger partial charge < -0.3 is 5.32 Å². The molecule has 2 aromatic carbocycles. The fourth-order valence-electron chi connectivity index (χ4n) is 3.19. The summed E-state index contributed by atoms with van der Waals surface area (Å²) in [7, 11) is 0. The lowest BCUT2D eigenvalue weighted by molar-refractivity contribution is -0.137. The van der Waals surface area contributed by atoms with Crippen LogP contribution >= 0.6 is 23.2 Å². The lowest BCUT2D eigenvalue weighted by atomic mass is 10.1. The van der Waals surface area contributed by atoms with Crippen LogP contribution in [-0.4, -0.2) is 23.9 Å². The minimum atomic E-state index is -4.52. The molecule has 0 bridgehead atoms. The molecule has 1 fully saturated rings. The Labute approximate surface area is 171 Å². The van der Waals surface area contributed by atoms with Crippen LogP contribution in [0.5, 0.6) is 0 Å². The number of amides is 1. The number of piperidine rings is 1. The highest BCUT2D eigenvalue weighted by Crippen LogP contribution is 2.32. The zero-order valence-corrected chi connectivity index (χ0v) is 16.5. The van der Waals surface area contributed by atoms with Crippen molar-refractivity contribution >= 4 is 34.8 Å². The molecule has 0 unspecified atom stereocenters. The number of rotatable bonds is 4. The fourth-order valence-corrected chi connectivity index (χ4v) is 3.69. The number of carbonyl (C=O) groups is 1. The van der Waals surface area contributed by atoms with E-state index in [2.05, 4.69) is 10.2 Å². The van der Waals surface area contributed by atoms with Crippen LogP contribution in [-0.2, 0) is 12.7 Å². The average molecular weight is 431 g/mol. The Bertz CT molecular complexity index is 865. The molecule has 0 spiro atoms. The zero-order chi connectivity index (χ0) is 20.3. The lowest BCUT2D eigenvalue weighted by Crippen LogP contribution is -2.29. The molecule has 28 heavy (non-hydrogen) atoms. The zero-order valence-electron chi connectivity index (χ0n) is 15.0. The van der Waals surface area contributed by atoms with Crippen molar-refractivity contribution in [3.05, 3.63) is 63.1 Å². The summed E-state index contributed by atoms with van der Waals surface area (Å²) in [5, 5.41) is 2.89. The molecule has 3 rings (SSSR count). The summed E-state index contributed by atoms with van der Waals surface area (Å²) in [6, 6.07) is 7.84. The van der Waals surface area contributed by atoms with Gasteiger partial charge in [-0.05, 0) is 61.8 Å². The number of hydrogen-bond acceptors (Lipinski definition) is 2. The van der Waals surface area contributed by atoms with Gasteiger partial charge in [-0.15, -0.1) is 0 Å². The van der Waals surface area contributed by atoms with E-state index >= 15 is 0 Å². The van der Waals surface area contributed by atoms with Gasteiger partial charge in [-0.25, -0.2) is 0 Å². The van der Waals surface area contributed by atoms with E-state index in [1.54, 1.807) is 12.1 Å². The number of benzene rings is 2. The molecule has 0 radical (unpaired) electrons. The van der Waals surface area contributed by atoms with Crippen molar-refractivity contribution in [3.63, 3.8) is 0 Å². The number of carbonyl (C=O) groups excluding carboxylic acids is 1. The number of hydrogen-bond donors (Lipinski definition) is 1. The summed E-state index contributed by atoms with van der Waals surface area (Å²) in [6.07, 6.45) is -0.905. The van der Waals surface area contributed by atoms with Crippen LogP contribution in [0.4, 0.5) is 18.9 Å². The molecule has 1 aliphatic heterocycles. The van der Waals surface area contributed by atoms with Gasteiger partial charge in [0.1, 0.15) is 0 Å². The number of anilines is 1. The molecular formula is C20H19Cl2F3N2O. The van der Waals surface area contributed by atoms with Gasteiger partial charge in [0.25, 0.3) is 5.91 Å². The van der Waals surface area contributed by atoms with Gasteiger partial charge in [-0.1, -0.05) is 35.7 Å². The second-order valence-electron chi connectivity index (χ2n) is 6.79. The average Bonchev–Trinajstić information content (AvgIpc) is 2.64. The maximum absolute atomic E-state index is 12.7. The van der Waals surface area contributed by atoms with Crippen LogP contribution in [0.15, 0.2) is 36.4 Å². The van der Waals surface area contributed by atoms with Crippen molar-refractivity contribution in [2.24, 2.45) is 0 Å². The van der Waals surface area contributed by atoms with E-state index in [9.17, 15) is 18.0 Å². The molecule has 1 saturated heterocycles. The van der Waals surface area contributed by atoms with Crippen LogP contribution in [0.2, 0.25) is 10.0 Å². The number of nitrogens with one attached hydrogen (secondary N) is 1. The third-order valence-electron chi connectivity index (χ3n) is 4.69. The lowest BCUT2D eigenvalue weighted by Gasteiger charge is -2.26. The first kappa shape index (κ1) is 21.0. The number of alkyl halides is 3. The standard InChI is InChI=1S/C20H19Cl2F3N2O/c21-17-11-15(6-4-13(17)12-27-8-2-1-3-9-27)26-19(28)16-7-5-14(10-18(16)22)20(23,24)25/h4-7,10-11H,1-3,8-9,12H2,(H,26,28). The van der Waals surface area contributed by atoms with E-state index in [0.717, 1.165) is 43.4 Å². The Morgan fingerprint density at radius 3 is 2.32 bits per heavy atom. The third-order valence-corrected chi connectivity index (χ3v) is 5.36. The Balaban J connectivity index is 1.69. The van der Waals surface area contributed by atoms with Crippen LogP contribution in [0.1, 0.15) is 40.7 Å². The van der Waals surface area contributed by atoms with Crippen molar-refractivity contribution < 1.29 is 18.0 Å². The molecule has 2 aromatic rings. The molecule has 150 valence electrons. The highest BCUT2D eigenvalue weighted by atomic mass is 35.5. The first-order valence-electron chi connectivity index (χ1n) is 8.93. The minimum absolute atomic E-state index is 0.0387. The van der Waals surface area contributed by atoms with E-state index in [1.807, 2.05) is 6.07 Å². The molecule has 0 aromatic heterocycles. The second kappa shape index (κ2) is 8.72. The summed E-state index contributed by atoms with van der Waals surface area (Å²) >= 11 is 12.2. The highest BCUT2D eigenvalue weighted by Gasteiger charge is 2.31. The van der Waals surface area contributed by atoms with Gasteiger partial charge >= 0.3 is 6.18 Å². The highest BCUT2D eigenvalue weighted by molar-refractivity contribution is 6.34. The predicted octanol–water partition coefficient (Wildman–Crippen LogP) is 6.25. The second-order valence-corrected chi connectivity index (χ2v) is 7.60. The van der Waals surface area contributed by atoms with Gasteiger partial charge in [0, 0.05) is 17.3 Å². The van der Waals surface area contributed by atoms with Crippen LogP contribution in [0.3, 0.4) is 0 Å². The van der Waals surface area contributed by atoms with Crippen molar-refractivity contribution in [1.29, 1.82) is 0 Å². The van der Waals surface area contributed by atoms with E-state index < -0.39 is 17.6 Å². The molecule has 3 nitrogen and oxygen atoms in total. The molecule has 0 aliphatic carbocycles. The maximum atomic E-state index is 12.7. The van der Waals surface area contributed by atoms with Gasteiger partial charge in [0.2, 0.25) is 0 Å². The Hall–Kier alpha value is -1.76. The summed E-state index contributed by atoms with van der Waals surface area (Å²) in [5.74, 6) is -0.599. The molecule has 8 heteroatoms. The van der Waals surface area contributed by atoms with Gasteiger partial charge in [-0.2, -0.15) is 13.2 Å². The van der Waals surface area contributed by atoms with Crippen molar-refractivity contribution in [2.45, 2.75) is 32.0 Å². The number of halogens is 5. The van der Waals surface area contributed by atoms with E-state index in [0.29, 0.717) is 10.7 Å². The van der Waals surface area contributed by atoms with Crippen LogP contribution in [0, 0.1) is 0 Å². The number of nitrogens with zero attached hydrogens (tertiary/aromatic N) is 1. The largest absolute Gasteiger partial charge is 0.416 e. The summed E-state index contributed by atoms with van der Waals surface area (Å²) in [6.45, 7) is 2.83. The topological polar surface area (TPSA) is 32.3 Å². The Morgan fingerprint density at radius 1 is 1.00 bits per heavy atom. The molecule has 0 atom stereocenters. The molecule has 0 saturated carbocycles. The smallest absolute Gasteiger partial charge is 0.322 e. The van der Waals surface area contributed by atoms with Crippen molar-refractivity contribution in [2.75, 3.05) is 18.4 Å². The first-order valence-corrected chi connectivity index (χ1v) is 9.68. The van der Waals surface area contributed by atoms with Crippen molar-refractivity contribution in [3.8, 4) is 0 Å². The Kier molecular flexibility index (Phi) is 6.53. The van der Waals surface area contributed by atoms with E-state index in [-0.39, 0.29) is 10.6 Å². The molecule has 1 N–H and O–H groups in total. The van der Waals surface area contributed by atoms with Gasteiger partial charge in [-0.3, -0.25) is 9.69 Å². The van der Waals surface area contributed by atoms with E-state index in [1.165, 1.54) is 19.3 Å². The molecule has 1 aliphatic rings. The molecule has 1 heterocycles.